The highest BCUT2D eigenvalue weighted by Gasteiger charge is 2.61. The van der Waals surface area contributed by atoms with E-state index in [1.807, 2.05) is 12.4 Å². The Morgan fingerprint density at radius 3 is 2.43 bits per heavy atom. The summed E-state index contributed by atoms with van der Waals surface area (Å²) in [7, 11) is 1.45. The smallest absolute Gasteiger partial charge is 0.311 e. The van der Waals surface area contributed by atoms with Crippen molar-refractivity contribution < 1.29 is 14.3 Å². The van der Waals surface area contributed by atoms with Crippen LogP contribution < -0.4 is 5.32 Å². The third-order valence-electron chi connectivity index (χ3n) is 7.36. The summed E-state index contributed by atoms with van der Waals surface area (Å²) in [5, 5.41) is 3.23. The minimum Gasteiger partial charge on any atom is -0.469 e. The lowest BCUT2D eigenvalue weighted by atomic mass is 9.81. The second-order valence-corrected chi connectivity index (χ2v) is 9.01. The fourth-order valence-electron chi connectivity index (χ4n) is 5.53. The van der Waals surface area contributed by atoms with Crippen LogP contribution in [0.4, 0.5) is 0 Å². The summed E-state index contributed by atoms with van der Waals surface area (Å²) in [6, 6.07) is 4.15. The van der Waals surface area contributed by atoms with Crippen LogP contribution in [-0.2, 0) is 20.9 Å². The number of nitrogens with zero attached hydrogens (tertiary/aromatic N) is 2. The number of amides is 1. The molecule has 0 atom stereocenters. The Morgan fingerprint density at radius 2 is 1.79 bits per heavy atom. The summed E-state index contributed by atoms with van der Waals surface area (Å²) in [5.74, 6) is 0.582. The molecule has 1 aliphatic heterocycles. The second-order valence-electron chi connectivity index (χ2n) is 9.01. The fourth-order valence-corrected chi connectivity index (χ4v) is 5.53. The van der Waals surface area contributed by atoms with Gasteiger partial charge in [0.25, 0.3) is 0 Å². The molecule has 6 heteroatoms. The number of carbonyl (C=O) groups is 2. The Hall–Kier alpha value is -1.95. The van der Waals surface area contributed by atoms with Gasteiger partial charge in [-0.2, -0.15) is 0 Å². The van der Waals surface area contributed by atoms with Crippen molar-refractivity contribution in [3.8, 4) is 0 Å². The number of piperidine rings is 1. The Balaban J connectivity index is 1.23. The predicted molar refractivity (Wildman–Crippen MR) is 105 cm³/mol. The highest BCUT2D eigenvalue weighted by Crippen LogP contribution is 2.62. The summed E-state index contributed by atoms with van der Waals surface area (Å²) in [6.07, 6.45) is 9.81. The lowest BCUT2D eigenvalue weighted by molar-refractivity contribution is -0.152. The van der Waals surface area contributed by atoms with E-state index < -0.39 is 5.41 Å². The first-order valence-corrected chi connectivity index (χ1v) is 10.5. The topological polar surface area (TPSA) is 71.5 Å². The monoisotopic (exact) mass is 385 g/mol. The number of hydrogen-bond acceptors (Lipinski definition) is 5. The van der Waals surface area contributed by atoms with Crippen LogP contribution in [0.15, 0.2) is 24.5 Å². The number of methoxy groups -OCH3 is 1. The predicted octanol–water partition coefficient (Wildman–Crippen LogP) is 2.53. The molecule has 152 valence electrons. The van der Waals surface area contributed by atoms with E-state index in [-0.39, 0.29) is 17.3 Å². The van der Waals surface area contributed by atoms with Gasteiger partial charge in [-0.1, -0.05) is 0 Å². The largest absolute Gasteiger partial charge is 0.469 e. The van der Waals surface area contributed by atoms with Crippen molar-refractivity contribution in [3.05, 3.63) is 30.1 Å². The highest BCUT2D eigenvalue weighted by molar-refractivity contribution is 5.87. The van der Waals surface area contributed by atoms with Crippen LogP contribution in [0.3, 0.4) is 0 Å². The molecule has 2 heterocycles. The third kappa shape index (κ3) is 3.66. The van der Waals surface area contributed by atoms with Crippen LogP contribution in [0.2, 0.25) is 0 Å². The van der Waals surface area contributed by atoms with E-state index in [2.05, 4.69) is 27.3 Å². The van der Waals surface area contributed by atoms with Crippen molar-refractivity contribution in [2.24, 2.45) is 16.7 Å². The lowest BCUT2D eigenvalue weighted by Crippen LogP contribution is -2.43. The molecule has 1 amide bonds. The maximum Gasteiger partial charge on any atom is 0.311 e. The van der Waals surface area contributed by atoms with E-state index in [0.29, 0.717) is 12.3 Å². The Kier molecular flexibility index (Phi) is 5.41. The van der Waals surface area contributed by atoms with E-state index in [4.69, 9.17) is 4.74 Å². The summed E-state index contributed by atoms with van der Waals surface area (Å²) < 4.78 is 5.01. The molecule has 6 nitrogen and oxygen atoms in total. The van der Waals surface area contributed by atoms with Gasteiger partial charge in [-0.05, 0) is 81.6 Å². The third-order valence-corrected chi connectivity index (χ3v) is 7.36. The molecular formula is C22H31N3O3. The number of likely N-dealkylation sites (tertiary alicyclic amines) is 1. The number of hydrogen-bond donors (Lipinski definition) is 1. The molecule has 2 bridgehead atoms. The summed E-state index contributed by atoms with van der Waals surface area (Å²) in [6.45, 7) is 3.87. The van der Waals surface area contributed by atoms with Gasteiger partial charge in [-0.3, -0.25) is 19.5 Å². The van der Waals surface area contributed by atoms with Crippen LogP contribution >= 0.6 is 0 Å². The first-order chi connectivity index (χ1) is 13.6. The molecule has 3 fully saturated rings. The number of pyridine rings is 1. The number of carbonyl (C=O) groups excluding carboxylic acids is 2. The van der Waals surface area contributed by atoms with Crippen LogP contribution in [0, 0.1) is 16.7 Å². The van der Waals surface area contributed by atoms with Gasteiger partial charge in [0.15, 0.2) is 0 Å². The van der Waals surface area contributed by atoms with Crippen molar-refractivity contribution in [3.63, 3.8) is 0 Å². The average Bonchev–Trinajstić information content (AvgIpc) is 3.32. The zero-order chi connectivity index (χ0) is 19.6. The molecule has 0 aromatic carbocycles. The molecular weight excluding hydrogens is 354 g/mol. The van der Waals surface area contributed by atoms with Gasteiger partial charge in [-0.15, -0.1) is 0 Å². The molecule has 0 radical (unpaired) electrons. The summed E-state index contributed by atoms with van der Waals surface area (Å²) >= 11 is 0. The number of aromatic nitrogens is 1. The van der Waals surface area contributed by atoms with Crippen molar-refractivity contribution in [2.75, 3.05) is 26.7 Å². The van der Waals surface area contributed by atoms with E-state index in [1.165, 1.54) is 12.7 Å². The lowest BCUT2D eigenvalue weighted by Gasteiger charge is -2.33. The normalized spacial score (nSPS) is 30.3. The molecule has 1 aromatic rings. The number of fused-ring (bicyclic) bond motifs is 2. The van der Waals surface area contributed by atoms with Gasteiger partial charge in [0, 0.05) is 25.5 Å². The van der Waals surface area contributed by atoms with E-state index in [0.717, 1.165) is 64.7 Å². The van der Waals surface area contributed by atoms with Gasteiger partial charge in [0.05, 0.1) is 17.9 Å². The van der Waals surface area contributed by atoms with Crippen LogP contribution in [0.5, 0.6) is 0 Å². The zero-order valence-electron chi connectivity index (χ0n) is 16.8. The molecule has 1 aromatic heterocycles. The van der Waals surface area contributed by atoms with E-state index in [1.54, 1.807) is 0 Å². The SMILES string of the molecule is COC(=O)C12CCC(C(=O)NCC3CCN(Cc4ccncc4)CC3)(CC1)C2. The standard InChI is InChI=1S/C22H31N3O3/c1-28-20(27)22-8-6-21(16-22,7-9-22)19(26)24-14-17-4-12-25(13-5-17)15-18-2-10-23-11-3-18/h2-3,10-11,17H,4-9,12-16H2,1H3,(H,24,26). The highest BCUT2D eigenvalue weighted by atomic mass is 16.5. The van der Waals surface area contributed by atoms with Gasteiger partial charge >= 0.3 is 5.97 Å². The number of esters is 1. The van der Waals surface area contributed by atoms with Crippen LogP contribution in [-0.4, -0.2) is 48.5 Å². The van der Waals surface area contributed by atoms with E-state index in [9.17, 15) is 9.59 Å². The Morgan fingerprint density at radius 1 is 1.14 bits per heavy atom. The quantitative estimate of drug-likeness (QED) is 0.762. The zero-order valence-corrected chi connectivity index (χ0v) is 16.8. The molecule has 2 saturated carbocycles. The molecule has 3 aliphatic rings. The number of rotatable bonds is 6. The Bertz CT molecular complexity index is 705. The van der Waals surface area contributed by atoms with Crippen molar-refractivity contribution >= 4 is 11.9 Å². The summed E-state index contributed by atoms with van der Waals surface area (Å²) in [5.41, 5.74) is 0.568. The van der Waals surface area contributed by atoms with Gasteiger partial charge < -0.3 is 10.1 Å². The fraction of sp³-hybridized carbons (Fsp3) is 0.682. The first-order valence-electron chi connectivity index (χ1n) is 10.5. The molecule has 4 rings (SSSR count). The molecule has 1 N–H and O–H groups in total. The van der Waals surface area contributed by atoms with E-state index >= 15 is 0 Å². The summed E-state index contributed by atoms with van der Waals surface area (Å²) in [4.78, 5) is 31.7. The van der Waals surface area contributed by atoms with Crippen molar-refractivity contribution in [1.82, 2.24) is 15.2 Å². The van der Waals surface area contributed by atoms with Gasteiger partial charge in [-0.25, -0.2) is 0 Å². The maximum absolute atomic E-state index is 12.9. The molecule has 2 aliphatic carbocycles. The first kappa shape index (κ1) is 19.4. The van der Waals surface area contributed by atoms with Gasteiger partial charge in [0.1, 0.15) is 0 Å². The molecule has 0 unspecified atom stereocenters. The minimum atomic E-state index is -0.398. The maximum atomic E-state index is 12.9. The van der Waals surface area contributed by atoms with Crippen LogP contribution in [0.1, 0.15) is 50.5 Å². The average molecular weight is 386 g/mol. The Labute approximate surface area is 167 Å². The van der Waals surface area contributed by atoms with Crippen LogP contribution in [0.25, 0.3) is 0 Å². The van der Waals surface area contributed by atoms with Gasteiger partial charge in [0.2, 0.25) is 5.91 Å². The molecule has 28 heavy (non-hydrogen) atoms. The number of ether oxygens (including phenoxy) is 1. The number of nitrogens with one attached hydrogen (secondary N) is 1. The van der Waals surface area contributed by atoms with Crippen molar-refractivity contribution in [2.45, 2.75) is 51.5 Å². The minimum absolute atomic E-state index is 0.124. The molecule has 1 saturated heterocycles. The molecule has 0 spiro atoms. The van der Waals surface area contributed by atoms with Crippen molar-refractivity contribution in [1.29, 1.82) is 0 Å². The second kappa shape index (κ2) is 7.82.